The van der Waals surface area contributed by atoms with Gasteiger partial charge in [0.25, 0.3) is 5.91 Å². The lowest BCUT2D eigenvalue weighted by molar-refractivity contribution is 0.0624. The summed E-state index contributed by atoms with van der Waals surface area (Å²) in [4.78, 5) is 31.7. The number of hydrogen-bond acceptors (Lipinski definition) is 4. The number of hydrogen-bond donors (Lipinski definition) is 0. The number of piperazine rings is 1. The maximum absolute atomic E-state index is 13.0. The van der Waals surface area contributed by atoms with Crippen molar-refractivity contribution in [2.75, 3.05) is 32.7 Å². The second-order valence-corrected chi connectivity index (χ2v) is 8.38. The van der Waals surface area contributed by atoms with Crippen LogP contribution in [0.5, 0.6) is 0 Å². The third-order valence-electron chi connectivity index (χ3n) is 5.21. The van der Waals surface area contributed by atoms with Gasteiger partial charge in [0.1, 0.15) is 0 Å². The molecule has 0 aromatic heterocycles. The van der Waals surface area contributed by atoms with Crippen LogP contribution >= 0.6 is 11.8 Å². The molecule has 30 heavy (non-hydrogen) atoms. The van der Waals surface area contributed by atoms with E-state index in [0.29, 0.717) is 38.3 Å². The van der Waals surface area contributed by atoms with E-state index in [1.807, 2.05) is 77.7 Å². The molecule has 0 atom stereocenters. The van der Waals surface area contributed by atoms with Gasteiger partial charge in [-0.25, -0.2) is 0 Å². The Balaban J connectivity index is 1.36. The van der Waals surface area contributed by atoms with Crippen LogP contribution in [0.1, 0.15) is 20.7 Å². The summed E-state index contributed by atoms with van der Waals surface area (Å²) in [6.45, 7) is 3.07. The van der Waals surface area contributed by atoms with Crippen LogP contribution in [-0.4, -0.2) is 54.2 Å². The number of rotatable bonds is 6. The van der Waals surface area contributed by atoms with Crippen molar-refractivity contribution in [1.82, 2.24) is 9.80 Å². The Morgan fingerprint density at radius 3 is 2.03 bits per heavy atom. The molecule has 0 radical (unpaired) electrons. The van der Waals surface area contributed by atoms with Gasteiger partial charge in [-0.3, -0.25) is 14.5 Å². The first-order valence-corrected chi connectivity index (χ1v) is 10.9. The molecule has 1 amide bonds. The Kier molecular flexibility index (Phi) is 6.62. The molecule has 5 heteroatoms. The molecule has 1 aliphatic heterocycles. The Bertz CT molecular complexity index is 1000. The summed E-state index contributed by atoms with van der Waals surface area (Å²) in [7, 11) is 0. The van der Waals surface area contributed by atoms with Crippen LogP contribution in [0.25, 0.3) is 0 Å². The normalized spacial score (nSPS) is 14.5. The Hall–Kier alpha value is -2.89. The smallest absolute Gasteiger partial charge is 0.253 e. The minimum Gasteiger partial charge on any atom is -0.336 e. The van der Waals surface area contributed by atoms with Gasteiger partial charge >= 0.3 is 0 Å². The zero-order chi connectivity index (χ0) is 20.8. The van der Waals surface area contributed by atoms with Gasteiger partial charge in [0.2, 0.25) is 0 Å². The molecule has 1 heterocycles. The van der Waals surface area contributed by atoms with E-state index in [4.69, 9.17) is 0 Å². The Morgan fingerprint density at radius 2 is 1.33 bits per heavy atom. The highest BCUT2D eigenvalue weighted by Crippen LogP contribution is 2.30. The SMILES string of the molecule is O=C(CN1CCN(C(=O)c2ccccc2)CC1)c1ccccc1Sc1ccccc1. The second kappa shape index (κ2) is 9.74. The molecule has 0 aliphatic carbocycles. The molecule has 3 aromatic rings. The molecule has 1 aliphatic rings. The number of nitrogens with zero attached hydrogens (tertiary/aromatic N) is 2. The number of Topliss-reactive ketones (excluding diaryl/α,β-unsaturated/α-hetero) is 1. The minimum atomic E-state index is 0.0613. The molecule has 0 N–H and O–H groups in total. The molecule has 1 fully saturated rings. The van der Waals surface area contributed by atoms with Crippen molar-refractivity contribution in [3.05, 3.63) is 96.1 Å². The summed E-state index contributed by atoms with van der Waals surface area (Å²) >= 11 is 1.61. The third kappa shape index (κ3) is 4.99. The van der Waals surface area contributed by atoms with Crippen LogP contribution in [-0.2, 0) is 0 Å². The maximum Gasteiger partial charge on any atom is 0.253 e. The van der Waals surface area contributed by atoms with Gasteiger partial charge in [-0.05, 0) is 30.3 Å². The van der Waals surface area contributed by atoms with Crippen molar-refractivity contribution in [2.24, 2.45) is 0 Å². The summed E-state index contributed by atoms with van der Waals surface area (Å²) < 4.78 is 0. The van der Waals surface area contributed by atoms with Crippen molar-refractivity contribution in [2.45, 2.75) is 9.79 Å². The summed E-state index contributed by atoms with van der Waals surface area (Å²) in [6.07, 6.45) is 0. The fraction of sp³-hybridized carbons (Fsp3) is 0.200. The average molecular weight is 417 g/mol. The van der Waals surface area contributed by atoms with Crippen molar-refractivity contribution >= 4 is 23.5 Å². The zero-order valence-electron chi connectivity index (χ0n) is 16.7. The number of benzene rings is 3. The standard InChI is InChI=1S/C25H24N2O2S/c28-23(22-13-7-8-14-24(22)30-21-11-5-2-6-12-21)19-26-15-17-27(18-16-26)25(29)20-9-3-1-4-10-20/h1-14H,15-19H2. The van der Waals surface area contributed by atoms with E-state index < -0.39 is 0 Å². The quantitative estimate of drug-likeness (QED) is 0.556. The fourth-order valence-corrected chi connectivity index (χ4v) is 4.55. The summed E-state index contributed by atoms with van der Waals surface area (Å²) in [5, 5.41) is 0. The number of carbonyl (C=O) groups is 2. The van der Waals surface area contributed by atoms with Gasteiger partial charge < -0.3 is 4.90 Å². The molecule has 3 aromatic carbocycles. The first-order chi connectivity index (χ1) is 14.7. The number of carbonyl (C=O) groups excluding carboxylic acids is 2. The Morgan fingerprint density at radius 1 is 0.733 bits per heavy atom. The predicted molar refractivity (Wildman–Crippen MR) is 120 cm³/mol. The van der Waals surface area contributed by atoms with E-state index in [0.717, 1.165) is 15.4 Å². The third-order valence-corrected chi connectivity index (χ3v) is 6.29. The van der Waals surface area contributed by atoms with Crippen molar-refractivity contribution in [3.63, 3.8) is 0 Å². The molecule has 1 saturated heterocycles. The van der Waals surface area contributed by atoms with Crippen molar-refractivity contribution in [1.29, 1.82) is 0 Å². The average Bonchev–Trinajstić information content (AvgIpc) is 2.81. The largest absolute Gasteiger partial charge is 0.336 e. The van der Waals surface area contributed by atoms with Crippen molar-refractivity contribution < 1.29 is 9.59 Å². The van der Waals surface area contributed by atoms with E-state index in [2.05, 4.69) is 17.0 Å². The topological polar surface area (TPSA) is 40.6 Å². The minimum absolute atomic E-state index is 0.0613. The lowest BCUT2D eigenvalue weighted by Crippen LogP contribution is -2.49. The highest BCUT2D eigenvalue weighted by Gasteiger charge is 2.24. The summed E-state index contributed by atoms with van der Waals surface area (Å²) in [5.74, 6) is 0.183. The highest BCUT2D eigenvalue weighted by atomic mass is 32.2. The van der Waals surface area contributed by atoms with Gasteiger partial charge in [-0.2, -0.15) is 0 Å². The highest BCUT2D eigenvalue weighted by molar-refractivity contribution is 7.99. The molecule has 0 bridgehead atoms. The van der Waals surface area contributed by atoms with Crippen LogP contribution in [0.3, 0.4) is 0 Å². The molecule has 0 unspecified atom stereocenters. The van der Waals surface area contributed by atoms with Gasteiger partial charge in [0.15, 0.2) is 5.78 Å². The molecular weight excluding hydrogens is 392 g/mol. The molecular formula is C25H24N2O2S. The second-order valence-electron chi connectivity index (χ2n) is 7.27. The molecule has 152 valence electrons. The molecule has 0 spiro atoms. The maximum atomic E-state index is 13.0. The molecule has 4 nitrogen and oxygen atoms in total. The Labute approximate surface area is 181 Å². The lowest BCUT2D eigenvalue weighted by atomic mass is 10.1. The van der Waals surface area contributed by atoms with E-state index in [1.54, 1.807) is 11.8 Å². The summed E-state index contributed by atoms with van der Waals surface area (Å²) in [5.41, 5.74) is 1.48. The van der Waals surface area contributed by atoms with Crippen molar-refractivity contribution in [3.8, 4) is 0 Å². The van der Waals surface area contributed by atoms with Crippen LogP contribution in [0, 0.1) is 0 Å². The van der Waals surface area contributed by atoms with Gasteiger partial charge in [-0.1, -0.05) is 66.4 Å². The fourth-order valence-electron chi connectivity index (χ4n) is 3.56. The monoisotopic (exact) mass is 416 g/mol. The van der Waals surface area contributed by atoms with Gasteiger partial charge in [0.05, 0.1) is 6.54 Å². The van der Waals surface area contributed by atoms with Crippen LogP contribution in [0.15, 0.2) is 94.7 Å². The predicted octanol–water partition coefficient (Wildman–Crippen LogP) is 4.48. The van der Waals surface area contributed by atoms with Gasteiger partial charge in [0, 0.05) is 47.1 Å². The van der Waals surface area contributed by atoms with Crippen LogP contribution in [0.4, 0.5) is 0 Å². The van der Waals surface area contributed by atoms with Crippen LogP contribution in [0.2, 0.25) is 0 Å². The van der Waals surface area contributed by atoms with E-state index >= 15 is 0 Å². The lowest BCUT2D eigenvalue weighted by Gasteiger charge is -2.34. The molecule has 0 saturated carbocycles. The molecule has 4 rings (SSSR count). The zero-order valence-corrected chi connectivity index (χ0v) is 17.6. The van der Waals surface area contributed by atoms with E-state index in [9.17, 15) is 9.59 Å². The van der Waals surface area contributed by atoms with E-state index in [-0.39, 0.29) is 11.7 Å². The van der Waals surface area contributed by atoms with E-state index in [1.165, 1.54) is 0 Å². The number of amides is 1. The first-order valence-electron chi connectivity index (χ1n) is 10.1. The van der Waals surface area contributed by atoms with Gasteiger partial charge in [-0.15, -0.1) is 0 Å². The number of ketones is 1. The first kappa shape index (κ1) is 20.4. The summed E-state index contributed by atoms with van der Waals surface area (Å²) in [6, 6.07) is 27.3. The van der Waals surface area contributed by atoms with Crippen LogP contribution < -0.4 is 0 Å².